The van der Waals surface area contributed by atoms with E-state index in [0.717, 1.165) is 15.6 Å². The number of carbonyl (C=O) groups is 1. The summed E-state index contributed by atoms with van der Waals surface area (Å²) in [6.07, 6.45) is 5.12. The minimum atomic E-state index is -0.199. The third-order valence-electron chi connectivity index (χ3n) is 5.31. The first-order valence-corrected chi connectivity index (χ1v) is 11.2. The van der Waals surface area contributed by atoms with Gasteiger partial charge < -0.3 is 0 Å². The molecule has 0 aliphatic heterocycles. The van der Waals surface area contributed by atoms with Gasteiger partial charge in [-0.3, -0.25) is 9.69 Å². The summed E-state index contributed by atoms with van der Waals surface area (Å²) in [7, 11) is 0. The zero-order chi connectivity index (χ0) is 23.5. The van der Waals surface area contributed by atoms with E-state index in [4.69, 9.17) is 0 Å². The van der Waals surface area contributed by atoms with Gasteiger partial charge in [0.2, 0.25) is 5.95 Å². The molecule has 0 fully saturated rings. The molecule has 0 unspecified atom stereocenters. The predicted octanol–water partition coefficient (Wildman–Crippen LogP) is 6.09. The highest BCUT2D eigenvalue weighted by atomic mass is 32.1. The van der Waals surface area contributed by atoms with Crippen molar-refractivity contribution in [2.75, 3.05) is 4.90 Å². The number of hydrogen-bond acceptors (Lipinski definition) is 7. The third-order valence-corrected chi connectivity index (χ3v) is 6.33. The molecule has 2 aromatic carbocycles. The van der Waals surface area contributed by atoms with Gasteiger partial charge in [0.05, 0.1) is 0 Å². The van der Waals surface area contributed by atoms with Gasteiger partial charge in [0.1, 0.15) is 22.7 Å². The topological polar surface area (TPSA) is 93.7 Å². The van der Waals surface area contributed by atoms with Crippen LogP contribution in [0.1, 0.15) is 20.8 Å². The van der Waals surface area contributed by atoms with Crippen molar-refractivity contribution in [2.24, 2.45) is 0 Å². The van der Waals surface area contributed by atoms with Crippen LogP contribution >= 0.6 is 11.3 Å². The fourth-order valence-corrected chi connectivity index (χ4v) is 4.82. The number of nitriles is 2. The maximum absolute atomic E-state index is 13.2. The third kappa shape index (κ3) is 3.67. The number of anilines is 3. The molecule has 0 radical (unpaired) electrons. The van der Waals surface area contributed by atoms with Crippen molar-refractivity contribution in [2.45, 2.75) is 0 Å². The van der Waals surface area contributed by atoms with Gasteiger partial charge in [0, 0.05) is 39.7 Å². The number of carbonyl (C=O) groups excluding carboxylic acids is 1. The zero-order valence-electron chi connectivity index (χ0n) is 17.7. The van der Waals surface area contributed by atoms with Crippen LogP contribution in [-0.2, 0) is 0 Å². The van der Waals surface area contributed by atoms with E-state index in [1.807, 2.05) is 59.5 Å². The van der Waals surface area contributed by atoms with Gasteiger partial charge in [0.25, 0.3) is 0 Å². The van der Waals surface area contributed by atoms with Crippen LogP contribution < -0.4 is 4.90 Å². The second-order valence-corrected chi connectivity index (χ2v) is 8.40. The molecule has 0 atom stereocenters. The van der Waals surface area contributed by atoms with Crippen LogP contribution in [-0.4, -0.2) is 15.8 Å². The van der Waals surface area contributed by atoms with E-state index in [1.54, 1.807) is 48.8 Å². The summed E-state index contributed by atoms with van der Waals surface area (Å²) in [5, 5.41) is 19.9. The molecule has 2 heterocycles. The molecule has 4 aromatic rings. The number of hydrogen-bond donors (Lipinski definition) is 0. The molecular weight excluding hydrogens is 442 g/mol. The number of nitrogens with zero attached hydrogens (tertiary/aromatic N) is 5. The van der Waals surface area contributed by atoms with Crippen molar-refractivity contribution in [3.05, 3.63) is 112 Å². The maximum Gasteiger partial charge on any atom is 0.235 e. The van der Waals surface area contributed by atoms with E-state index < -0.39 is 0 Å². The molecule has 1 aliphatic carbocycles. The Labute approximate surface area is 200 Å². The van der Waals surface area contributed by atoms with Gasteiger partial charge in [-0.1, -0.05) is 42.5 Å². The molecule has 0 bridgehead atoms. The minimum absolute atomic E-state index is 0.0788. The largest absolute Gasteiger partial charge is 0.289 e. The van der Waals surface area contributed by atoms with E-state index in [1.165, 1.54) is 11.3 Å². The summed E-state index contributed by atoms with van der Waals surface area (Å²) in [5.41, 5.74) is 2.65. The number of rotatable bonds is 4. The highest BCUT2D eigenvalue weighted by Crippen LogP contribution is 2.42. The van der Waals surface area contributed by atoms with Crippen LogP contribution in [0.4, 0.5) is 16.6 Å². The number of ketones is 1. The van der Waals surface area contributed by atoms with E-state index >= 15 is 0 Å². The number of Topliss-reactive ketones (excluding diaryl/α,β-unsaturated/α-hetero) is 1. The number of para-hydroxylation sites is 1. The summed E-state index contributed by atoms with van der Waals surface area (Å²) in [4.78, 5) is 24.7. The first-order chi connectivity index (χ1) is 16.7. The molecule has 5 rings (SSSR count). The number of fused-ring (bicyclic) bond motifs is 1. The van der Waals surface area contributed by atoms with Crippen molar-refractivity contribution in [1.29, 1.82) is 10.5 Å². The van der Waals surface area contributed by atoms with Gasteiger partial charge in [0.15, 0.2) is 5.78 Å². The zero-order valence-corrected chi connectivity index (χ0v) is 18.5. The lowest BCUT2D eigenvalue weighted by molar-refractivity contribution is 0.104. The average molecular weight is 458 g/mol. The van der Waals surface area contributed by atoms with E-state index in [2.05, 4.69) is 9.97 Å². The van der Waals surface area contributed by atoms with Crippen molar-refractivity contribution >= 4 is 45.4 Å². The van der Waals surface area contributed by atoms with Crippen LogP contribution in [0.3, 0.4) is 0 Å². The average Bonchev–Trinajstić information content (AvgIpc) is 3.45. The smallest absolute Gasteiger partial charge is 0.235 e. The van der Waals surface area contributed by atoms with Gasteiger partial charge in [-0.2, -0.15) is 10.5 Å². The normalized spacial score (nSPS) is 13.3. The van der Waals surface area contributed by atoms with Crippen molar-refractivity contribution in [1.82, 2.24) is 9.97 Å². The molecule has 7 heteroatoms. The fourth-order valence-electron chi connectivity index (χ4n) is 3.85. The molecule has 1 aliphatic rings. The Morgan fingerprint density at radius 3 is 2.24 bits per heavy atom. The Kier molecular flexibility index (Phi) is 5.53. The molecule has 0 saturated heterocycles. The standard InChI is InChI=1S/C27H15N5OS/c28-16-18(17-29)25-21-9-4-5-10-22(21)26(33)23(25)15-20-11-12-24(34-20)32(19-7-2-1-3-8-19)27-30-13-6-14-31-27/h1-15H/b23-15+. The highest BCUT2D eigenvalue weighted by molar-refractivity contribution is 7.17. The van der Waals surface area contributed by atoms with Crippen LogP contribution in [0.5, 0.6) is 0 Å². The molecule has 0 saturated carbocycles. The van der Waals surface area contributed by atoms with Gasteiger partial charge >= 0.3 is 0 Å². The Balaban J connectivity index is 1.62. The van der Waals surface area contributed by atoms with Gasteiger partial charge in [-0.05, 0) is 42.0 Å². The van der Waals surface area contributed by atoms with Gasteiger partial charge in [-0.25, -0.2) is 9.97 Å². The Bertz CT molecular complexity index is 1480. The number of aromatic nitrogens is 2. The number of thiophene rings is 1. The summed E-state index contributed by atoms with van der Waals surface area (Å²) < 4.78 is 0. The Morgan fingerprint density at radius 2 is 1.53 bits per heavy atom. The monoisotopic (exact) mass is 457 g/mol. The Morgan fingerprint density at radius 1 is 0.853 bits per heavy atom. The van der Waals surface area contributed by atoms with Crippen LogP contribution in [0.15, 0.2) is 96.3 Å². The van der Waals surface area contributed by atoms with Crippen LogP contribution in [0.2, 0.25) is 0 Å². The molecule has 6 nitrogen and oxygen atoms in total. The SMILES string of the molecule is N#CC(C#N)=C1/C(=C\c2ccc(N(c3ccccc3)c3ncccn3)s2)C(=O)c2ccccc21. The minimum Gasteiger partial charge on any atom is -0.289 e. The molecule has 34 heavy (non-hydrogen) atoms. The van der Waals surface area contributed by atoms with E-state index in [-0.39, 0.29) is 11.4 Å². The quantitative estimate of drug-likeness (QED) is 0.272. The first kappa shape index (κ1) is 21.0. The molecule has 0 amide bonds. The van der Waals surface area contributed by atoms with Crippen LogP contribution in [0.25, 0.3) is 11.6 Å². The first-order valence-electron chi connectivity index (χ1n) is 10.3. The lowest BCUT2D eigenvalue weighted by Gasteiger charge is -2.20. The number of benzene rings is 2. The van der Waals surface area contributed by atoms with Crippen LogP contribution in [0, 0.1) is 22.7 Å². The number of allylic oxidation sites excluding steroid dienone is 3. The predicted molar refractivity (Wildman–Crippen MR) is 131 cm³/mol. The van der Waals surface area contributed by atoms with Crippen molar-refractivity contribution in [3.8, 4) is 12.1 Å². The van der Waals surface area contributed by atoms with E-state index in [0.29, 0.717) is 28.2 Å². The summed E-state index contributed by atoms with van der Waals surface area (Å²) in [6.45, 7) is 0. The highest BCUT2D eigenvalue weighted by Gasteiger charge is 2.32. The fraction of sp³-hybridized carbons (Fsp3) is 0. The molecule has 0 spiro atoms. The lowest BCUT2D eigenvalue weighted by Crippen LogP contribution is -2.11. The summed E-state index contributed by atoms with van der Waals surface area (Å²) in [6, 6.07) is 26.3. The van der Waals surface area contributed by atoms with Gasteiger partial charge in [-0.15, -0.1) is 11.3 Å². The second-order valence-electron chi connectivity index (χ2n) is 7.30. The maximum atomic E-state index is 13.2. The molecule has 160 valence electrons. The molecule has 0 N–H and O–H groups in total. The van der Waals surface area contributed by atoms with Crippen molar-refractivity contribution in [3.63, 3.8) is 0 Å². The Hall–Kier alpha value is -4.85. The van der Waals surface area contributed by atoms with Crippen molar-refractivity contribution < 1.29 is 4.79 Å². The summed E-state index contributed by atoms with van der Waals surface area (Å²) in [5.74, 6) is 0.325. The van der Waals surface area contributed by atoms with E-state index in [9.17, 15) is 15.3 Å². The summed E-state index contributed by atoms with van der Waals surface area (Å²) >= 11 is 1.46. The second kappa shape index (κ2) is 8.95. The lowest BCUT2D eigenvalue weighted by atomic mass is 9.99. The molecule has 2 aromatic heterocycles. The molecular formula is C27H15N5OS.